The maximum atomic E-state index is 11.8. The van der Waals surface area contributed by atoms with Gasteiger partial charge in [-0.1, -0.05) is 0 Å². The molecule has 0 aliphatic carbocycles. The number of alkyl halides is 3. The van der Waals surface area contributed by atoms with E-state index < -0.39 is 12.8 Å². The van der Waals surface area contributed by atoms with Crippen molar-refractivity contribution in [2.45, 2.75) is 25.4 Å². The highest BCUT2D eigenvalue weighted by atomic mass is 19.4. The number of halogens is 3. The van der Waals surface area contributed by atoms with Crippen molar-refractivity contribution in [3.63, 3.8) is 0 Å². The summed E-state index contributed by atoms with van der Waals surface area (Å²) < 4.78 is 39.8. The molecule has 6 heteroatoms. The second-order valence-corrected chi connectivity index (χ2v) is 4.36. The second-order valence-electron chi connectivity index (χ2n) is 4.36. The highest BCUT2D eigenvalue weighted by Crippen LogP contribution is 2.30. The summed E-state index contributed by atoms with van der Waals surface area (Å²) in [5, 5.41) is 12.4. The third-order valence-corrected chi connectivity index (χ3v) is 2.93. The Balaban J connectivity index is 2.10. The predicted octanol–water partition coefficient (Wildman–Crippen LogP) is 1.32. The van der Waals surface area contributed by atoms with Crippen LogP contribution in [0.25, 0.3) is 0 Å². The molecule has 0 aromatic heterocycles. The number of hydrogen-bond acceptors (Lipinski definition) is 3. The average Bonchev–Trinajstić information content (AvgIpc) is 2.65. The molecule has 96 valence electrons. The lowest BCUT2D eigenvalue weighted by atomic mass is 9.83. The van der Waals surface area contributed by atoms with Gasteiger partial charge in [-0.25, -0.2) is 0 Å². The van der Waals surface area contributed by atoms with E-state index in [0.717, 1.165) is 19.5 Å². The Bertz CT molecular complexity index is 203. The third-order valence-electron chi connectivity index (χ3n) is 2.93. The van der Waals surface area contributed by atoms with E-state index in [9.17, 15) is 18.3 Å². The molecular weight excluding hydrogens is 223 g/mol. The Hall–Kier alpha value is -0.330. The van der Waals surface area contributed by atoms with Gasteiger partial charge < -0.3 is 15.2 Å². The van der Waals surface area contributed by atoms with Gasteiger partial charge in [0.15, 0.2) is 0 Å². The first-order chi connectivity index (χ1) is 7.47. The van der Waals surface area contributed by atoms with E-state index in [0.29, 0.717) is 12.8 Å². The van der Waals surface area contributed by atoms with Gasteiger partial charge in [0, 0.05) is 25.2 Å². The fourth-order valence-corrected chi connectivity index (χ4v) is 1.96. The lowest BCUT2D eigenvalue weighted by Gasteiger charge is -2.25. The zero-order valence-corrected chi connectivity index (χ0v) is 9.15. The van der Waals surface area contributed by atoms with Crippen LogP contribution in [0.2, 0.25) is 0 Å². The summed E-state index contributed by atoms with van der Waals surface area (Å²) in [7, 11) is 0. The minimum atomic E-state index is -4.25. The molecule has 1 unspecified atom stereocenters. The average molecular weight is 241 g/mol. The summed E-state index contributed by atoms with van der Waals surface area (Å²) in [5.41, 5.74) is -0.151. The van der Waals surface area contributed by atoms with Crippen LogP contribution in [0.3, 0.4) is 0 Å². The first-order valence-electron chi connectivity index (χ1n) is 5.44. The molecule has 0 radical (unpaired) electrons. The normalized spacial score (nSPS) is 26.2. The maximum absolute atomic E-state index is 11.8. The van der Waals surface area contributed by atoms with Gasteiger partial charge in [0.1, 0.15) is 6.61 Å². The highest BCUT2D eigenvalue weighted by molar-refractivity contribution is 4.86. The molecule has 1 saturated heterocycles. The lowest BCUT2D eigenvalue weighted by Crippen LogP contribution is -2.28. The van der Waals surface area contributed by atoms with E-state index in [1.807, 2.05) is 0 Å². The Morgan fingerprint density at radius 1 is 1.38 bits per heavy atom. The second kappa shape index (κ2) is 5.84. The van der Waals surface area contributed by atoms with Crippen molar-refractivity contribution < 1.29 is 23.0 Å². The van der Waals surface area contributed by atoms with Gasteiger partial charge in [0.25, 0.3) is 0 Å². The van der Waals surface area contributed by atoms with E-state index in [1.165, 1.54) is 0 Å². The molecule has 1 aliphatic heterocycles. The highest BCUT2D eigenvalue weighted by Gasteiger charge is 2.32. The molecule has 0 saturated carbocycles. The molecule has 3 nitrogen and oxygen atoms in total. The van der Waals surface area contributed by atoms with Crippen molar-refractivity contribution in [1.82, 2.24) is 5.32 Å². The molecule has 1 fully saturated rings. The first kappa shape index (κ1) is 13.7. The Morgan fingerprint density at radius 2 is 2.12 bits per heavy atom. The maximum Gasteiger partial charge on any atom is 0.411 e. The first-order valence-corrected chi connectivity index (χ1v) is 5.44. The van der Waals surface area contributed by atoms with Crippen LogP contribution < -0.4 is 5.32 Å². The minimum absolute atomic E-state index is 0.0826. The standard InChI is InChI=1S/C10H18F3NO2/c11-10(12,13)8-16-5-1-2-9(7-15)3-4-14-6-9/h14-15H,1-8H2. The van der Waals surface area contributed by atoms with Crippen LogP contribution in [-0.2, 0) is 4.74 Å². The van der Waals surface area contributed by atoms with Crippen LogP contribution in [0.1, 0.15) is 19.3 Å². The molecule has 1 atom stereocenters. The SMILES string of the molecule is OCC1(CCCOCC(F)(F)F)CCNC1. The fourth-order valence-electron chi connectivity index (χ4n) is 1.96. The summed E-state index contributed by atoms with van der Waals surface area (Å²) in [6.07, 6.45) is -2.11. The van der Waals surface area contributed by atoms with Gasteiger partial charge >= 0.3 is 6.18 Å². The molecule has 1 heterocycles. The van der Waals surface area contributed by atoms with E-state index in [2.05, 4.69) is 10.1 Å². The van der Waals surface area contributed by atoms with Crippen molar-refractivity contribution in [1.29, 1.82) is 0 Å². The molecule has 2 N–H and O–H groups in total. The number of ether oxygens (including phenoxy) is 1. The molecule has 0 bridgehead atoms. The Morgan fingerprint density at radius 3 is 2.62 bits per heavy atom. The van der Waals surface area contributed by atoms with E-state index in [1.54, 1.807) is 0 Å². The molecule has 0 aromatic carbocycles. The van der Waals surface area contributed by atoms with Crippen LogP contribution in [0.4, 0.5) is 13.2 Å². The van der Waals surface area contributed by atoms with Crippen molar-refractivity contribution in [3.8, 4) is 0 Å². The van der Waals surface area contributed by atoms with Gasteiger partial charge in [-0.05, 0) is 25.8 Å². The van der Waals surface area contributed by atoms with Crippen LogP contribution in [-0.4, -0.2) is 44.2 Å². The summed E-state index contributed by atoms with van der Waals surface area (Å²) in [5.74, 6) is 0. The Kier molecular flexibility index (Phi) is 5.01. The lowest BCUT2D eigenvalue weighted by molar-refractivity contribution is -0.174. The van der Waals surface area contributed by atoms with Crippen LogP contribution in [0.5, 0.6) is 0 Å². The van der Waals surface area contributed by atoms with Gasteiger partial charge in [-0.3, -0.25) is 0 Å². The molecule has 0 aromatic rings. The van der Waals surface area contributed by atoms with E-state index in [4.69, 9.17) is 0 Å². The molecule has 0 amide bonds. The van der Waals surface area contributed by atoms with Crippen molar-refractivity contribution in [3.05, 3.63) is 0 Å². The predicted molar refractivity (Wildman–Crippen MR) is 53.1 cm³/mol. The molecular formula is C10H18F3NO2. The van der Waals surface area contributed by atoms with E-state index >= 15 is 0 Å². The zero-order valence-electron chi connectivity index (χ0n) is 9.15. The summed E-state index contributed by atoms with van der Waals surface area (Å²) in [6.45, 7) is 0.602. The number of aliphatic hydroxyl groups is 1. The summed E-state index contributed by atoms with van der Waals surface area (Å²) >= 11 is 0. The van der Waals surface area contributed by atoms with E-state index in [-0.39, 0.29) is 18.6 Å². The smallest absolute Gasteiger partial charge is 0.396 e. The van der Waals surface area contributed by atoms with Crippen LogP contribution in [0.15, 0.2) is 0 Å². The molecule has 0 spiro atoms. The monoisotopic (exact) mass is 241 g/mol. The fraction of sp³-hybridized carbons (Fsp3) is 1.00. The third kappa shape index (κ3) is 4.67. The number of rotatable bonds is 6. The summed E-state index contributed by atoms with van der Waals surface area (Å²) in [6, 6.07) is 0. The number of nitrogens with one attached hydrogen (secondary N) is 1. The van der Waals surface area contributed by atoms with Crippen molar-refractivity contribution in [2.24, 2.45) is 5.41 Å². The van der Waals surface area contributed by atoms with Crippen LogP contribution in [0, 0.1) is 5.41 Å². The zero-order chi connectivity index (χ0) is 12.1. The van der Waals surface area contributed by atoms with Gasteiger partial charge in [-0.15, -0.1) is 0 Å². The minimum Gasteiger partial charge on any atom is -0.396 e. The quantitative estimate of drug-likeness (QED) is 0.689. The molecule has 1 rings (SSSR count). The van der Waals surface area contributed by atoms with Crippen LogP contribution >= 0.6 is 0 Å². The van der Waals surface area contributed by atoms with Crippen molar-refractivity contribution >= 4 is 0 Å². The van der Waals surface area contributed by atoms with Crippen molar-refractivity contribution in [2.75, 3.05) is 32.9 Å². The summed E-state index contributed by atoms with van der Waals surface area (Å²) in [4.78, 5) is 0. The van der Waals surface area contributed by atoms with Gasteiger partial charge in [-0.2, -0.15) is 13.2 Å². The van der Waals surface area contributed by atoms with Gasteiger partial charge in [0.2, 0.25) is 0 Å². The number of aliphatic hydroxyl groups excluding tert-OH is 1. The number of hydrogen-bond donors (Lipinski definition) is 2. The molecule has 1 aliphatic rings. The topological polar surface area (TPSA) is 41.5 Å². The molecule has 16 heavy (non-hydrogen) atoms. The Labute approximate surface area is 93.0 Å². The largest absolute Gasteiger partial charge is 0.411 e. The van der Waals surface area contributed by atoms with Gasteiger partial charge in [0.05, 0.1) is 0 Å².